The number of aryl methyl sites for hydroxylation is 1. The summed E-state index contributed by atoms with van der Waals surface area (Å²) in [5.74, 6) is -3.44. The number of alkyl halides is 2. The fourth-order valence-corrected chi connectivity index (χ4v) is 2.41. The fourth-order valence-electron chi connectivity index (χ4n) is 2.41. The van der Waals surface area contributed by atoms with Crippen LogP contribution in [0, 0.1) is 10.1 Å². The Hall–Kier alpha value is -2.30. The molecular formula is C11H13F2N4O5-. The molecule has 0 bridgehead atoms. The molecule has 1 saturated heterocycles. The lowest BCUT2D eigenvalue weighted by Gasteiger charge is -2.25. The molecule has 0 aromatic carbocycles. The second-order valence-corrected chi connectivity index (χ2v) is 4.92. The fraction of sp³-hybridized carbons (Fsp3) is 0.636. The highest BCUT2D eigenvalue weighted by Gasteiger charge is 2.44. The number of ether oxygens (including phenoxy) is 1. The monoisotopic (exact) mass is 319 g/mol. The molecule has 122 valence electrons. The average Bonchev–Trinajstić information content (AvgIpc) is 2.72. The lowest BCUT2D eigenvalue weighted by atomic mass is 10.0. The molecule has 1 amide bonds. The summed E-state index contributed by atoms with van der Waals surface area (Å²) in [7, 11) is 1.44. The Morgan fingerprint density at radius 1 is 1.59 bits per heavy atom. The van der Waals surface area contributed by atoms with E-state index in [2.05, 4.69) is 5.10 Å². The predicted molar refractivity (Wildman–Crippen MR) is 65.1 cm³/mol. The van der Waals surface area contributed by atoms with E-state index in [9.17, 15) is 28.8 Å². The number of aromatic nitrogens is 2. The second-order valence-electron chi connectivity index (χ2n) is 4.92. The zero-order valence-corrected chi connectivity index (χ0v) is 11.5. The molecule has 1 aliphatic rings. The van der Waals surface area contributed by atoms with E-state index in [1.54, 1.807) is 5.32 Å². The first kappa shape index (κ1) is 16.1. The maximum absolute atomic E-state index is 13.8. The molecule has 1 aliphatic heterocycles. The van der Waals surface area contributed by atoms with Gasteiger partial charge in [-0.1, -0.05) is 0 Å². The van der Waals surface area contributed by atoms with Crippen LogP contribution in [-0.2, 0) is 11.8 Å². The molecule has 11 heteroatoms. The summed E-state index contributed by atoms with van der Waals surface area (Å²) in [5, 5.41) is 26.8. The predicted octanol–water partition coefficient (Wildman–Crippen LogP) is 0.117. The molecule has 0 saturated carbocycles. The van der Waals surface area contributed by atoms with Crippen LogP contribution in [0.15, 0.2) is 6.20 Å². The molecule has 2 atom stereocenters. The number of nitrogens with zero attached hydrogens (tertiary/aromatic N) is 3. The molecule has 1 fully saturated rings. The van der Waals surface area contributed by atoms with Gasteiger partial charge in [-0.3, -0.25) is 14.8 Å². The van der Waals surface area contributed by atoms with Crippen LogP contribution >= 0.6 is 0 Å². The van der Waals surface area contributed by atoms with Gasteiger partial charge in [0, 0.05) is 7.05 Å². The van der Waals surface area contributed by atoms with Gasteiger partial charge in [-0.25, -0.2) is 8.78 Å². The smallest absolute Gasteiger partial charge is 0.312 e. The van der Waals surface area contributed by atoms with E-state index in [0.29, 0.717) is 0 Å². The third kappa shape index (κ3) is 3.13. The van der Waals surface area contributed by atoms with Gasteiger partial charge in [0.15, 0.2) is 0 Å². The van der Waals surface area contributed by atoms with Crippen LogP contribution in [0.25, 0.3) is 0 Å². The van der Waals surface area contributed by atoms with Crippen molar-refractivity contribution in [3.8, 4) is 0 Å². The summed E-state index contributed by atoms with van der Waals surface area (Å²) in [6.07, 6.45) is -2.06. The van der Waals surface area contributed by atoms with Crippen LogP contribution in [0.4, 0.5) is 19.3 Å². The third-order valence-electron chi connectivity index (χ3n) is 3.46. The molecule has 22 heavy (non-hydrogen) atoms. The van der Waals surface area contributed by atoms with Crippen molar-refractivity contribution in [2.75, 3.05) is 6.61 Å². The van der Waals surface area contributed by atoms with Crippen molar-refractivity contribution >= 4 is 11.8 Å². The molecule has 9 nitrogen and oxygen atoms in total. The highest BCUT2D eigenvalue weighted by atomic mass is 19.3. The number of nitro groups is 1. The van der Waals surface area contributed by atoms with Gasteiger partial charge in [-0.05, 0) is 12.8 Å². The van der Waals surface area contributed by atoms with Crippen molar-refractivity contribution in [1.29, 1.82) is 0 Å². The van der Waals surface area contributed by atoms with Crippen molar-refractivity contribution in [3.63, 3.8) is 0 Å². The lowest BCUT2D eigenvalue weighted by Crippen LogP contribution is -2.52. The number of carboxylic acid groups (broad SMARTS) is 1. The average molecular weight is 319 g/mol. The Bertz CT molecular complexity index is 591. The number of nitrogens with one attached hydrogen (secondary N) is 1. The maximum atomic E-state index is 13.8. The van der Waals surface area contributed by atoms with Gasteiger partial charge in [-0.2, -0.15) is 5.10 Å². The van der Waals surface area contributed by atoms with Gasteiger partial charge in [0.1, 0.15) is 30.7 Å². The van der Waals surface area contributed by atoms with Crippen molar-refractivity contribution < 1.29 is 28.3 Å². The number of amides is 1. The highest BCUT2D eigenvalue weighted by molar-refractivity contribution is 5.62. The summed E-state index contributed by atoms with van der Waals surface area (Å²) in [6, 6.07) is -1.67. The molecular weight excluding hydrogens is 306 g/mol. The maximum Gasteiger partial charge on any atom is 0.312 e. The van der Waals surface area contributed by atoms with Crippen LogP contribution in [0.1, 0.15) is 24.6 Å². The van der Waals surface area contributed by atoms with Crippen LogP contribution < -0.4 is 10.4 Å². The zero-order chi connectivity index (χ0) is 16.5. The van der Waals surface area contributed by atoms with E-state index in [4.69, 9.17) is 4.74 Å². The van der Waals surface area contributed by atoms with Gasteiger partial charge >= 0.3 is 5.69 Å². The minimum absolute atomic E-state index is 0.0269. The Labute approximate surface area is 123 Å². The Morgan fingerprint density at radius 3 is 2.86 bits per heavy atom. The van der Waals surface area contributed by atoms with E-state index >= 15 is 0 Å². The first-order valence-electron chi connectivity index (χ1n) is 6.35. The van der Waals surface area contributed by atoms with E-state index in [0.717, 1.165) is 6.20 Å². The highest BCUT2D eigenvalue weighted by Crippen LogP contribution is 2.37. The SMILES string of the molecule is Cn1ncc([N+](=O)[O-])c1[C@H]1CC[C@H](NC(=O)[O-])C(F)(F)CO1. The van der Waals surface area contributed by atoms with Crippen LogP contribution in [-0.4, -0.2) is 39.4 Å². The summed E-state index contributed by atoms with van der Waals surface area (Å²) in [4.78, 5) is 20.8. The van der Waals surface area contributed by atoms with Crippen molar-refractivity contribution in [1.82, 2.24) is 15.1 Å². The molecule has 0 spiro atoms. The molecule has 1 N–H and O–H groups in total. The number of carbonyl (C=O) groups excluding carboxylic acids is 1. The lowest BCUT2D eigenvalue weighted by molar-refractivity contribution is -0.386. The molecule has 0 unspecified atom stereocenters. The topological polar surface area (TPSA) is 122 Å². The number of halogens is 2. The summed E-state index contributed by atoms with van der Waals surface area (Å²) in [5.41, 5.74) is -0.267. The Morgan fingerprint density at radius 2 is 2.27 bits per heavy atom. The van der Waals surface area contributed by atoms with Gasteiger partial charge < -0.3 is 20.0 Å². The molecule has 1 aromatic rings. The van der Waals surface area contributed by atoms with E-state index in [-0.39, 0.29) is 24.2 Å². The largest absolute Gasteiger partial charge is 0.530 e. The molecule has 2 heterocycles. The molecule has 0 radical (unpaired) electrons. The normalized spacial score (nSPS) is 24.5. The molecule has 0 aliphatic carbocycles. The third-order valence-corrected chi connectivity index (χ3v) is 3.46. The van der Waals surface area contributed by atoms with Gasteiger partial charge in [-0.15, -0.1) is 0 Å². The van der Waals surface area contributed by atoms with E-state index in [1.807, 2.05) is 0 Å². The van der Waals surface area contributed by atoms with Crippen molar-refractivity contribution in [2.24, 2.45) is 7.05 Å². The first-order valence-corrected chi connectivity index (χ1v) is 6.35. The summed E-state index contributed by atoms with van der Waals surface area (Å²) >= 11 is 0. The molecule has 1 aromatic heterocycles. The van der Waals surface area contributed by atoms with Gasteiger partial charge in [0.05, 0.1) is 11.0 Å². The van der Waals surface area contributed by atoms with E-state index in [1.165, 1.54) is 11.7 Å². The van der Waals surface area contributed by atoms with Crippen LogP contribution in [0.5, 0.6) is 0 Å². The molecule has 2 rings (SSSR count). The minimum Gasteiger partial charge on any atom is -0.530 e. The van der Waals surface area contributed by atoms with Crippen LogP contribution in [0.2, 0.25) is 0 Å². The minimum atomic E-state index is -3.44. The number of rotatable bonds is 3. The van der Waals surface area contributed by atoms with Crippen LogP contribution in [0.3, 0.4) is 0 Å². The summed E-state index contributed by atoms with van der Waals surface area (Å²) < 4.78 is 33.9. The quantitative estimate of drug-likeness (QED) is 0.623. The zero-order valence-electron chi connectivity index (χ0n) is 11.5. The first-order chi connectivity index (χ1) is 10.2. The Kier molecular flexibility index (Phi) is 4.26. The number of hydrogen-bond donors (Lipinski definition) is 1. The number of hydrogen-bond acceptors (Lipinski definition) is 6. The summed E-state index contributed by atoms with van der Waals surface area (Å²) in [6.45, 7) is -1.06. The van der Waals surface area contributed by atoms with Gasteiger partial charge in [0.25, 0.3) is 5.92 Å². The Balaban J connectivity index is 2.25. The van der Waals surface area contributed by atoms with Crippen molar-refractivity contribution in [2.45, 2.75) is 30.9 Å². The van der Waals surface area contributed by atoms with Crippen molar-refractivity contribution in [3.05, 3.63) is 22.0 Å². The van der Waals surface area contributed by atoms with E-state index < -0.39 is 35.7 Å². The number of carbonyl (C=O) groups is 1. The second kappa shape index (κ2) is 5.83. The van der Waals surface area contributed by atoms with Gasteiger partial charge in [0.2, 0.25) is 0 Å². The standard InChI is InChI=1S/C11H14F2N4O5/c1-16-9(6(4-14-16)17(20)21)7-2-3-8(15-10(18)19)11(12,13)5-22-7/h4,7-8,15H,2-3,5H2,1H3,(H,18,19)/p-1/t7-,8+/m1/s1.